The van der Waals surface area contributed by atoms with Crippen LogP contribution in [0.3, 0.4) is 0 Å². The fraction of sp³-hybridized carbons (Fsp3) is 0.322. The van der Waals surface area contributed by atoms with E-state index in [9.17, 15) is 108 Å². The van der Waals surface area contributed by atoms with Crippen molar-refractivity contribution in [2.75, 3.05) is 6.54 Å². The van der Waals surface area contributed by atoms with Crippen molar-refractivity contribution in [1.82, 2.24) is 70.2 Å². The average molecular weight is 2120 g/mol. The van der Waals surface area contributed by atoms with Crippen LogP contribution in [0, 0.1) is 63.7 Å². The van der Waals surface area contributed by atoms with Gasteiger partial charge in [-0.25, -0.2) is 54.2 Å². The molecule has 10 aromatic rings. The molecule has 0 saturated carbocycles. The molecule has 0 unspecified atom stereocenters. The summed E-state index contributed by atoms with van der Waals surface area (Å²) in [5, 5.41) is 44.5. The Morgan fingerprint density at radius 2 is 0.800 bits per heavy atom. The van der Waals surface area contributed by atoms with Crippen molar-refractivity contribution in [1.29, 1.82) is 5.26 Å². The largest absolute Gasteiger partial charge is 1.00 e. The first kappa shape index (κ1) is 131. The Hall–Kier alpha value is -13.3. The number of amides is 2. The van der Waals surface area contributed by atoms with Gasteiger partial charge in [0, 0.05) is 81.6 Å². The molecule has 0 aliphatic heterocycles. The Morgan fingerprint density at radius 3 is 1.09 bits per heavy atom. The number of carbonyl (C=O) groups is 7. The molecule has 0 spiro atoms. The number of H-pyrrole nitrogens is 1. The number of aryl methyl sites for hydroxylation is 6. The van der Waals surface area contributed by atoms with Gasteiger partial charge in [-0.05, 0) is 216 Å². The molecule has 0 fully saturated rings. The third kappa shape index (κ3) is 49.8. The molecule has 6 aromatic carbocycles. The summed E-state index contributed by atoms with van der Waals surface area (Å²) in [6.07, 6.45) is -13.3. The summed E-state index contributed by atoms with van der Waals surface area (Å²) in [7, 11) is 0. The number of nitriles is 1. The minimum Gasteiger partial charge on any atom is -0.870 e. The van der Waals surface area contributed by atoms with E-state index in [-0.39, 0.29) is 144 Å². The van der Waals surface area contributed by atoms with Gasteiger partial charge in [-0.3, -0.25) is 29.7 Å². The number of benzene rings is 6. The molecule has 140 heavy (non-hydrogen) atoms. The van der Waals surface area contributed by atoms with Crippen LogP contribution >= 0.6 is 34.8 Å². The van der Waals surface area contributed by atoms with Gasteiger partial charge in [0.1, 0.15) is 30.3 Å². The number of ketones is 1. The summed E-state index contributed by atoms with van der Waals surface area (Å²) < 4.78 is 242. The zero-order valence-corrected chi connectivity index (χ0v) is 79.4. The number of ether oxygens (including phenoxy) is 2. The molecule has 2 amide bonds. The third-order valence-electron chi connectivity index (χ3n) is 15.8. The number of nitrogens with one attached hydrogen (secondary N) is 3. The second kappa shape index (κ2) is 58.6. The molecular weight excluding hydrogens is 2020 g/mol. The van der Waals surface area contributed by atoms with Crippen molar-refractivity contribution in [3.63, 3.8) is 0 Å². The monoisotopic (exact) mass is 2120 g/mol. The first-order valence-corrected chi connectivity index (χ1v) is 40.5. The fourth-order valence-electron chi connectivity index (χ4n) is 9.93. The van der Waals surface area contributed by atoms with Crippen LogP contribution in [-0.2, 0) is 80.1 Å². The van der Waals surface area contributed by atoms with E-state index in [4.69, 9.17) is 41.3 Å². The average Bonchev–Trinajstić information content (AvgIpc) is 1.62. The molecule has 0 bridgehead atoms. The zero-order valence-electron chi connectivity index (χ0n) is 76.4. The normalized spacial score (nSPS) is 11.3. The van der Waals surface area contributed by atoms with Crippen LogP contribution in [0.5, 0.6) is 0 Å². The second-order valence-corrected chi connectivity index (χ2v) is 31.9. The quantitative estimate of drug-likeness (QED) is 0.00451. The molecule has 758 valence electrons. The molecule has 10 N–H and O–H groups in total. The predicted octanol–water partition coefficient (Wildman–Crippen LogP) is 18.0. The minimum atomic E-state index is -4.47. The number of alkyl halides is 18. The molecule has 10 rings (SSSR count). The number of aromatic amines is 1. The molecule has 4 aromatic heterocycles. The number of thiocarbonyl (C=S) groups is 1. The number of nitrogens with zero attached hydrogens (tertiary/aromatic N) is 12. The SMILES string of the molecule is C.C.CC(C)(C)C(=O)NN.CC(C)OC(=O)/C=C\I.Cc1cc(-c2ncn(/C=C\C(=O)CNC(=O)C(C)(C)C)n2)cc(C(F)(F)F)c1.Cc1cc(-c2ncn(/C=C\C(=O)O)n2)cc(C(F)(F)F)c1.Cc1cc(-c2ncn(/C=C\C(=O)OC(C)C)n2)cc(C(F)(F)F)c1.Cc1cc(-c2ncn[nH]2)cc(C(F)(F)F)c1.Cc1cc(C#N)cc(C(F)(F)F)c1.Cc1cc(C(N)=S)cc(C(F)(F)F)c1.O=CO.[Li+].[OH-]. The van der Waals surface area contributed by atoms with Gasteiger partial charge in [0.2, 0.25) is 11.8 Å². The first-order chi connectivity index (χ1) is 62.5. The summed E-state index contributed by atoms with van der Waals surface area (Å²) in [4.78, 5) is 90.5. The molecule has 0 atom stereocenters. The summed E-state index contributed by atoms with van der Waals surface area (Å²) >= 11 is 6.58. The number of esters is 2. The Labute approximate surface area is 824 Å². The molecule has 0 aliphatic carbocycles. The van der Waals surface area contributed by atoms with Gasteiger partial charge in [-0.1, -0.05) is 91.2 Å². The van der Waals surface area contributed by atoms with Crippen LogP contribution in [0.1, 0.15) is 162 Å². The Bertz CT molecular complexity index is 5870. The van der Waals surface area contributed by atoms with Crippen LogP contribution in [0.4, 0.5) is 79.0 Å². The smallest absolute Gasteiger partial charge is 0.870 e. The van der Waals surface area contributed by atoms with Crippen LogP contribution < -0.4 is 41.2 Å². The summed E-state index contributed by atoms with van der Waals surface area (Å²) in [6, 6.07) is 22.9. The number of halogens is 19. The number of rotatable bonds is 16. The summed E-state index contributed by atoms with van der Waals surface area (Å²) in [6.45, 7) is 26.6. The number of carboxylic acid groups (broad SMARTS) is 2. The van der Waals surface area contributed by atoms with Gasteiger partial charge in [-0.15, -0.1) is 15.3 Å². The van der Waals surface area contributed by atoms with Crippen molar-refractivity contribution in [3.05, 3.63) is 241 Å². The van der Waals surface area contributed by atoms with E-state index in [1.165, 1.54) is 84.3 Å². The van der Waals surface area contributed by atoms with Crippen molar-refractivity contribution in [2.45, 2.75) is 175 Å². The van der Waals surface area contributed by atoms with Crippen molar-refractivity contribution in [3.8, 4) is 51.6 Å². The van der Waals surface area contributed by atoms with Crippen LogP contribution in [0.2, 0.25) is 0 Å². The van der Waals surface area contributed by atoms with E-state index in [1.54, 1.807) is 118 Å². The number of aromatic nitrogens is 12. The third-order valence-corrected chi connectivity index (χ3v) is 16.4. The van der Waals surface area contributed by atoms with E-state index in [2.05, 4.69) is 68.4 Å². The molecule has 0 aliphatic rings. The Kier molecular flexibility index (Phi) is 54.7. The molecule has 50 heteroatoms. The zero-order chi connectivity index (χ0) is 104. The second-order valence-electron chi connectivity index (χ2n) is 30.7. The van der Waals surface area contributed by atoms with E-state index in [1.807, 2.05) is 36.4 Å². The maximum absolute atomic E-state index is 13.0. The molecular formula is C90H101F18ILiN17O12S. The summed E-state index contributed by atoms with van der Waals surface area (Å²) in [5.74, 6) is 2.77. The standard InChI is InChI=1S/C19H21F3N4O2.C16H16F3N3O2.C13H10F3N3O2.C10H8F3N3.C9H8F3NS.C9H6F3N.C6H9IO2.C5H12N2O.CH2O2.2CH4.Li.H2O/c1-12-7-13(9-14(8-12)19(20,21)22)16-24-11-26(25-16)6-5-15(27)10-23-17(28)18(2,3)4;1-10(2)24-14(23)4-5-22-9-20-15(21-22)12-6-11(3)7-13(8-12)16(17,18)19;1-8-4-9(6-10(5-8)13(14,15)16)12-17-7-19(18-12)3-2-11(20)21;1-6-2-7(9-14-5-15-16-9)4-8(3-6)10(11,12)13;1-5-2-6(8(13)14)4-7(3-5)9(10,11)12;1-6-2-7(5-13)4-8(3-6)9(10,11)12;1-5(2)9-6(8)3-4-7;1-5(2,3)4(8)7-6;2-1-3;;;;/h5-9,11H,10H2,1-4H3,(H,23,28);4-10H,1-3H3;2-7H,1H3,(H,20,21);2-5H,1H3,(H,14,15,16);2-4H,1H3,(H2,13,14);2-4H,1H3;3-5H,1-2H3;6H2,1-3H3,(H,7,8);1H,(H,2,3);2*1H4;;1H2/q;;;;;;;;;;;+1;/p-1/b6-5-;5-4-;3-2-;;;;4-3-;;;;;;. The van der Waals surface area contributed by atoms with Gasteiger partial charge in [-0.2, -0.15) is 89.4 Å². The maximum atomic E-state index is 13.0. The van der Waals surface area contributed by atoms with Gasteiger partial charge in [0.25, 0.3) is 6.47 Å². The van der Waals surface area contributed by atoms with Gasteiger partial charge >= 0.3 is 73.8 Å². The van der Waals surface area contributed by atoms with Crippen LogP contribution in [0.15, 0.2) is 163 Å². The summed E-state index contributed by atoms with van der Waals surface area (Å²) in [5.41, 5.74) is 5.97. The topological polar surface area (TPSA) is 442 Å². The van der Waals surface area contributed by atoms with E-state index in [0.717, 1.165) is 95.8 Å². The number of carbonyl (C=O) groups excluding carboxylic acids is 5. The molecule has 29 nitrogen and oxygen atoms in total. The maximum Gasteiger partial charge on any atom is 1.00 e. The van der Waals surface area contributed by atoms with Crippen molar-refractivity contribution in [2.24, 2.45) is 22.4 Å². The van der Waals surface area contributed by atoms with E-state index in [0.29, 0.717) is 44.8 Å². The molecule has 4 heterocycles. The van der Waals surface area contributed by atoms with E-state index < -0.39 is 87.8 Å². The Morgan fingerprint density at radius 1 is 0.493 bits per heavy atom. The van der Waals surface area contributed by atoms with Gasteiger partial charge in [0.05, 0.1) is 63.8 Å². The number of hydrogen-bond acceptors (Lipinski definition) is 21. The molecule has 0 radical (unpaired) electrons. The van der Waals surface area contributed by atoms with Crippen molar-refractivity contribution >= 4 is 100 Å². The fourth-order valence-corrected chi connectivity index (χ4v) is 10.3. The Balaban J connectivity index is -0.00000156. The first-order valence-electron chi connectivity index (χ1n) is 38.8. The number of nitrogens with two attached hydrogens (primary N) is 2. The number of hydrazine groups is 1. The van der Waals surface area contributed by atoms with Crippen LogP contribution in [-0.4, -0.2) is 141 Å². The molecule has 0 saturated heterocycles. The van der Waals surface area contributed by atoms with Crippen molar-refractivity contribution < 1.29 is 157 Å². The number of aliphatic carboxylic acids is 1. The van der Waals surface area contributed by atoms with E-state index >= 15 is 0 Å². The minimum absolute atomic E-state index is 0. The van der Waals surface area contributed by atoms with Crippen LogP contribution in [0.25, 0.3) is 64.2 Å². The number of hydrogen-bond donors (Lipinski definition) is 7. The number of carboxylic acids is 1. The van der Waals surface area contributed by atoms with Gasteiger partial charge in [0.15, 0.2) is 29.1 Å². The van der Waals surface area contributed by atoms with Gasteiger partial charge < -0.3 is 36.2 Å². The predicted molar refractivity (Wildman–Crippen MR) is 493 cm³/mol.